The highest BCUT2D eigenvalue weighted by atomic mass is 16.5. The van der Waals surface area contributed by atoms with Gasteiger partial charge in [-0.25, -0.2) is 9.97 Å². The van der Waals surface area contributed by atoms with E-state index >= 15 is 0 Å². The molecule has 14 heavy (non-hydrogen) atoms. The van der Waals surface area contributed by atoms with Crippen molar-refractivity contribution < 1.29 is 4.73 Å². The summed E-state index contributed by atoms with van der Waals surface area (Å²) in [5, 5.41) is 10.8. The Hall–Kier alpha value is -1.97. The molecule has 0 unspecified atom stereocenters. The van der Waals surface area contributed by atoms with Crippen molar-refractivity contribution in [2.24, 2.45) is 0 Å². The first-order chi connectivity index (χ1) is 6.75. The smallest absolute Gasteiger partial charge is 0.180 e. The molecule has 0 aliphatic heterocycles. The Morgan fingerprint density at radius 1 is 1.07 bits per heavy atom. The van der Waals surface area contributed by atoms with Crippen LogP contribution in [0.5, 0.6) is 0 Å². The number of rotatable bonds is 1. The Balaban J connectivity index is 2.40. The molecule has 0 fully saturated rings. The van der Waals surface area contributed by atoms with Gasteiger partial charge in [0.1, 0.15) is 5.82 Å². The zero-order valence-electron chi connectivity index (χ0n) is 7.71. The first-order valence-electron chi connectivity index (χ1n) is 4.23. The zero-order valence-corrected chi connectivity index (χ0v) is 7.71. The summed E-state index contributed by atoms with van der Waals surface area (Å²) in [6.45, 7) is 1.83. The molecule has 0 spiro atoms. The highest BCUT2D eigenvalue weighted by Gasteiger charge is 1.99. The van der Waals surface area contributed by atoms with Gasteiger partial charge in [0.15, 0.2) is 12.4 Å². The maximum absolute atomic E-state index is 10.8. The maximum Gasteiger partial charge on any atom is 0.180 e. The standard InChI is InChI=1S/C10H9N3O/c1-8-11-6-10(7-12-8)9-2-4-13(14)5-3-9/h2-7H,1H3. The van der Waals surface area contributed by atoms with E-state index in [1.807, 2.05) is 6.92 Å². The zero-order chi connectivity index (χ0) is 9.97. The van der Waals surface area contributed by atoms with Crippen molar-refractivity contribution in [3.05, 3.63) is 48.0 Å². The Morgan fingerprint density at radius 2 is 1.64 bits per heavy atom. The molecule has 0 aromatic carbocycles. The summed E-state index contributed by atoms with van der Waals surface area (Å²) in [6.07, 6.45) is 6.39. The third kappa shape index (κ3) is 1.69. The van der Waals surface area contributed by atoms with Crippen LogP contribution in [0.4, 0.5) is 0 Å². The second-order valence-electron chi connectivity index (χ2n) is 2.97. The van der Waals surface area contributed by atoms with E-state index in [1.165, 1.54) is 12.4 Å². The van der Waals surface area contributed by atoms with Gasteiger partial charge < -0.3 is 5.21 Å². The quantitative estimate of drug-likeness (QED) is 0.496. The molecule has 0 bridgehead atoms. The van der Waals surface area contributed by atoms with Gasteiger partial charge in [0, 0.05) is 30.1 Å². The van der Waals surface area contributed by atoms with Crippen LogP contribution in [-0.4, -0.2) is 9.97 Å². The van der Waals surface area contributed by atoms with Crippen LogP contribution >= 0.6 is 0 Å². The van der Waals surface area contributed by atoms with Crippen LogP contribution in [-0.2, 0) is 0 Å². The molecule has 0 aliphatic rings. The highest BCUT2D eigenvalue weighted by Crippen LogP contribution is 2.14. The van der Waals surface area contributed by atoms with Crippen LogP contribution in [0.1, 0.15) is 5.82 Å². The number of aryl methyl sites for hydroxylation is 1. The third-order valence-electron chi connectivity index (χ3n) is 1.92. The molecule has 2 rings (SSSR count). The fraction of sp³-hybridized carbons (Fsp3) is 0.100. The van der Waals surface area contributed by atoms with E-state index < -0.39 is 0 Å². The molecule has 4 nitrogen and oxygen atoms in total. The Morgan fingerprint density at radius 3 is 2.21 bits per heavy atom. The maximum atomic E-state index is 10.8. The first-order valence-corrected chi connectivity index (χ1v) is 4.23. The molecule has 2 heterocycles. The van der Waals surface area contributed by atoms with Gasteiger partial charge in [-0.05, 0) is 12.5 Å². The molecule has 0 atom stereocenters. The van der Waals surface area contributed by atoms with Crippen LogP contribution in [0.3, 0.4) is 0 Å². The molecular formula is C10H9N3O. The van der Waals surface area contributed by atoms with E-state index in [4.69, 9.17) is 0 Å². The molecule has 2 aromatic rings. The van der Waals surface area contributed by atoms with E-state index in [-0.39, 0.29) is 0 Å². The summed E-state index contributed by atoms with van der Waals surface area (Å²) >= 11 is 0. The Labute approximate surface area is 81.5 Å². The van der Waals surface area contributed by atoms with Crippen molar-refractivity contribution in [3.8, 4) is 11.1 Å². The molecular weight excluding hydrogens is 178 g/mol. The van der Waals surface area contributed by atoms with Crippen molar-refractivity contribution >= 4 is 0 Å². The van der Waals surface area contributed by atoms with E-state index in [0.717, 1.165) is 21.7 Å². The lowest BCUT2D eigenvalue weighted by Gasteiger charge is -2.00. The average Bonchev–Trinajstić information content (AvgIpc) is 2.21. The highest BCUT2D eigenvalue weighted by molar-refractivity contribution is 5.59. The van der Waals surface area contributed by atoms with Crippen molar-refractivity contribution in [2.45, 2.75) is 6.92 Å². The van der Waals surface area contributed by atoms with Gasteiger partial charge in [0.2, 0.25) is 0 Å². The van der Waals surface area contributed by atoms with Gasteiger partial charge in [-0.15, -0.1) is 0 Å². The number of hydrogen-bond donors (Lipinski definition) is 0. The molecule has 0 aliphatic carbocycles. The van der Waals surface area contributed by atoms with Gasteiger partial charge in [-0.2, -0.15) is 4.73 Å². The van der Waals surface area contributed by atoms with Gasteiger partial charge in [0.05, 0.1) is 0 Å². The van der Waals surface area contributed by atoms with Crippen LogP contribution in [0, 0.1) is 12.1 Å². The molecule has 70 valence electrons. The van der Waals surface area contributed by atoms with E-state index in [0.29, 0.717) is 0 Å². The number of hydrogen-bond acceptors (Lipinski definition) is 3. The fourth-order valence-corrected chi connectivity index (χ4v) is 1.15. The average molecular weight is 187 g/mol. The monoisotopic (exact) mass is 187 g/mol. The second-order valence-corrected chi connectivity index (χ2v) is 2.97. The third-order valence-corrected chi connectivity index (χ3v) is 1.92. The molecule has 0 saturated heterocycles. The van der Waals surface area contributed by atoms with E-state index in [1.54, 1.807) is 24.5 Å². The second kappa shape index (κ2) is 3.41. The van der Waals surface area contributed by atoms with E-state index in [9.17, 15) is 5.21 Å². The Kier molecular flexibility index (Phi) is 2.10. The van der Waals surface area contributed by atoms with Crippen molar-refractivity contribution in [1.82, 2.24) is 9.97 Å². The summed E-state index contributed by atoms with van der Waals surface area (Å²) in [5.74, 6) is 0.739. The largest absolute Gasteiger partial charge is 0.619 e. The molecule has 2 aromatic heterocycles. The molecule has 4 heteroatoms. The SMILES string of the molecule is Cc1ncc(-c2cc[n+]([O-])cc2)cn1. The molecule has 0 saturated carbocycles. The van der Waals surface area contributed by atoms with Gasteiger partial charge in [-0.1, -0.05) is 0 Å². The minimum atomic E-state index is 0.739. The predicted molar refractivity (Wildman–Crippen MR) is 51.2 cm³/mol. The van der Waals surface area contributed by atoms with Crippen molar-refractivity contribution in [3.63, 3.8) is 0 Å². The summed E-state index contributed by atoms with van der Waals surface area (Å²) in [4.78, 5) is 8.16. The topological polar surface area (TPSA) is 52.7 Å². The van der Waals surface area contributed by atoms with E-state index in [2.05, 4.69) is 9.97 Å². The predicted octanol–water partition coefficient (Wildman–Crippen LogP) is 1.09. The van der Waals surface area contributed by atoms with Gasteiger partial charge in [-0.3, -0.25) is 0 Å². The molecule has 0 amide bonds. The number of nitrogens with zero attached hydrogens (tertiary/aromatic N) is 3. The van der Waals surface area contributed by atoms with Crippen LogP contribution in [0.15, 0.2) is 36.9 Å². The minimum Gasteiger partial charge on any atom is -0.619 e. The lowest BCUT2D eigenvalue weighted by Crippen LogP contribution is -2.23. The summed E-state index contributed by atoms with van der Waals surface area (Å²) in [7, 11) is 0. The lowest BCUT2D eigenvalue weighted by atomic mass is 10.1. The number of aromatic nitrogens is 3. The molecule has 0 radical (unpaired) electrons. The van der Waals surface area contributed by atoms with Gasteiger partial charge >= 0.3 is 0 Å². The Bertz CT molecular complexity index is 379. The summed E-state index contributed by atoms with van der Waals surface area (Å²) in [5.41, 5.74) is 1.85. The normalized spacial score (nSPS) is 10.1. The lowest BCUT2D eigenvalue weighted by molar-refractivity contribution is -0.605. The van der Waals surface area contributed by atoms with Gasteiger partial charge in [0.25, 0.3) is 0 Å². The fourth-order valence-electron chi connectivity index (χ4n) is 1.15. The summed E-state index contributed by atoms with van der Waals surface area (Å²) < 4.78 is 0.749. The summed E-state index contributed by atoms with van der Waals surface area (Å²) in [6, 6.07) is 3.47. The molecule has 0 N–H and O–H groups in total. The van der Waals surface area contributed by atoms with Crippen molar-refractivity contribution in [2.75, 3.05) is 0 Å². The van der Waals surface area contributed by atoms with Crippen LogP contribution in [0.25, 0.3) is 11.1 Å². The minimum absolute atomic E-state index is 0.739. The van der Waals surface area contributed by atoms with Crippen LogP contribution < -0.4 is 4.73 Å². The van der Waals surface area contributed by atoms with Crippen molar-refractivity contribution in [1.29, 1.82) is 0 Å². The first kappa shape index (κ1) is 8.62. The number of pyridine rings is 1. The van der Waals surface area contributed by atoms with Crippen LogP contribution in [0.2, 0.25) is 0 Å².